The number of urea groups is 1. The van der Waals surface area contributed by atoms with Crippen molar-refractivity contribution in [2.75, 3.05) is 6.54 Å². The van der Waals surface area contributed by atoms with Crippen molar-refractivity contribution >= 4 is 6.03 Å². The lowest BCUT2D eigenvalue weighted by Gasteiger charge is -2.35. The first-order valence-corrected chi connectivity index (χ1v) is 7.69. The maximum absolute atomic E-state index is 12.5. The van der Waals surface area contributed by atoms with Crippen LogP contribution in [-0.4, -0.2) is 32.7 Å². The minimum absolute atomic E-state index is 0.0218. The second kappa shape index (κ2) is 6.60. The van der Waals surface area contributed by atoms with Crippen LogP contribution in [0.15, 0.2) is 30.7 Å². The fraction of sp³-hybridized carbons (Fsp3) is 0.438. The van der Waals surface area contributed by atoms with Gasteiger partial charge in [0.2, 0.25) is 0 Å². The molecule has 2 aromatic heterocycles. The van der Waals surface area contributed by atoms with Gasteiger partial charge in [0.1, 0.15) is 0 Å². The second-order valence-electron chi connectivity index (χ2n) is 5.70. The molecule has 6 nitrogen and oxygen atoms in total. The third kappa shape index (κ3) is 3.27. The van der Waals surface area contributed by atoms with Crippen molar-refractivity contribution in [2.24, 2.45) is 0 Å². The summed E-state index contributed by atoms with van der Waals surface area (Å²) in [6.07, 6.45) is 8.66. The van der Waals surface area contributed by atoms with E-state index in [9.17, 15) is 4.79 Å². The Morgan fingerprint density at radius 3 is 3.05 bits per heavy atom. The zero-order chi connectivity index (χ0) is 15.4. The molecule has 0 bridgehead atoms. The monoisotopic (exact) mass is 299 g/mol. The number of likely N-dealkylation sites (tertiary alicyclic amines) is 1. The van der Waals surface area contributed by atoms with Gasteiger partial charge in [-0.2, -0.15) is 5.10 Å². The van der Waals surface area contributed by atoms with E-state index in [1.807, 2.05) is 30.2 Å². The number of amides is 2. The first kappa shape index (κ1) is 14.6. The molecule has 1 atom stereocenters. The summed E-state index contributed by atoms with van der Waals surface area (Å²) in [5.74, 6) is 0. The molecule has 1 aliphatic rings. The van der Waals surface area contributed by atoms with Crippen LogP contribution in [0.4, 0.5) is 4.79 Å². The minimum atomic E-state index is -0.0218. The Balaban J connectivity index is 1.63. The van der Waals surface area contributed by atoms with E-state index in [-0.39, 0.29) is 12.1 Å². The highest BCUT2D eigenvalue weighted by Gasteiger charge is 2.28. The molecule has 0 aliphatic carbocycles. The van der Waals surface area contributed by atoms with Crippen LogP contribution in [0.3, 0.4) is 0 Å². The van der Waals surface area contributed by atoms with Crippen LogP contribution < -0.4 is 5.32 Å². The molecule has 0 saturated carbocycles. The molecule has 0 radical (unpaired) electrons. The third-order valence-corrected chi connectivity index (χ3v) is 4.08. The number of carbonyl (C=O) groups is 1. The summed E-state index contributed by atoms with van der Waals surface area (Å²) >= 11 is 0. The van der Waals surface area contributed by atoms with Gasteiger partial charge >= 0.3 is 6.03 Å². The van der Waals surface area contributed by atoms with E-state index in [2.05, 4.69) is 20.5 Å². The lowest BCUT2D eigenvalue weighted by atomic mass is 9.98. The number of nitrogens with zero attached hydrogens (tertiary/aromatic N) is 3. The van der Waals surface area contributed by atoms with Crippen LogP contribution in [-0.2, 0) is 6.54 Å². The van der Waals surface area contributed by atoms with Gasteiger partial charge in [-0.25, -0.2) is 4.79 Å². The molecular weight excluding hydrogens is 278 g/mol. The van der Waals surface area contributed by atoms with Crippen LogP contribution in [0.25, 0.3) is 0 Å². The number of pyridine rings is 1. The maximum atomic E-state index is 12.5. The maximum Gasteiger partial charge on any atom is 0.318 e. The summed E-state index contributed by atoms with van der Waals surface area (Å²) < 4.78 is 0. The summed E-state index contributed by atoms with van der Waals surface area (Å²) in [6.45, 7) is 3.24. The lowest BCUT2D eigenvalue weighted by molar-refractivity contribution is 0.151. The van der Waals surface area contributed by atoms with E-state index in [4.69, 9.17) is 0 Å². The Morgan fingerprint density at radius 1 is 1.41 bits per heavy atom. The smallest absolute Gasteiger partial charge is 0.318 e. The summed E-state index contributed by atoms with van der Waals surface area (Å²) in [5.41, 5.74) is 3.06. The number of aromatic amines is 1. The van der Waals surface area contributed by atoms with Crippen molar-refractivity contribution in [1.29, 1.82) is 0 Å². The average Bonchev–Trinajstić information content (AvgIpc) is 3.08. The number of rotatable bonds is 3. The Bertz CT molecular complexity index is 608. The van der Waals surface area contributed by atoms with Gasteiger partial charge in [-0.15, -0.1) is 0 Å². The predicted octanol–water partition coefficient (Wildman–Crippen LogP) is 2.55. The highest BCUT2D eigenvalue weighted by molar-refractivity contribution is 5.74. The molecule has 2 amide bonds. The Morgan fingerprint density at radius 2 is 2.32 bits per heavy atom. The molecule has 0 spiro atoms. The van der Waals surface area contributed by atoms with E-state index in [1.54, 1.807) is 12.4 Å². The number of piperidine rings is 1. The minimum Gasteiger partial charge on any atom is -0.334 e. The molecule has 1 fully saturated rings. The van der Waals surface area contributed by atoms with Gasteiger partial charge in [0, 0.05) is 36.7 Å². The van der Waals surface area contributed by atoms with Gasteiger partial charge < -0.3 is 10.2 Å². The number of H-pyrrole nitrogens is 1. The number of hydrogen-bond acceptors (Lipinski definition) is 3. The summed E-state index contributed by atoms with van der Waals surface area (Å²) in [5, 5.41) is 9.83. The summed E-state index contributed by atoms with van der Waals surface area (Å²) in [6, 6.07) is 4.04. The van der Waals surface area contributed by atoms with Gasteiger partial charge in [-0.1, -0.05) is 6.07 Å². The zero-order valence-corrected chi connectivity index (χ0v) is 12.7. The summed E-state index contributed by atoms with van der Waals surface area (Å²) in [7, 11) is 0. The second-order valence-corrected chi connectivity index (χ2v) is 5.70. The Hall–Kier alpha value is -2.37. The molecule has 2 N–H and O–H groups in total. The van der Waals surface area contributed by atoms with Gasteiger partial charge in [-0.3, -0.25) is 10.1 Å². The van der Waals surface area contributed by atoms with Crippen LogP contribution in [0, 0.1) is 6.92 Å². The number of hydrogen-bond donors (Lipinski definition) is 2. The van der Waals surface area contributed by atoms with E-state index in [0.717, 1.165) is 42.6 Å². The van der Waals surface area contributed by atoms with E-state index in [0.29, 0.717) is 6.54 Å². The first-order chi connectivity index (χ1) is 10.7. The molecule has 3 heterocycles. The SMILES string of the molecule is Cc1ccc(CNC(=O)N2CCCC[C@@H]2c2cn[nH]c2)cn1. The summed E-state index contributed by atoms with van der Waals surface area (Å²) in [4.78, 5) is 18.7. The van der Waals surface area contributed by atoms with E-state index < -0.39 is 0 Å². The molecular formula is C16H21N5O. The van der Waals surface area contributed by atoms with Crippen molar-refractivity contribution < 1.29 is 4.79 Å². The third-order valence-electron chi connectivity index (χ3n) is 4.08. The van der Waals surface area contributed by atoms with Crippen molar-refractivity contribution in [3.8, 4) is 0 Å². The molecule has 1 aliphatic heterocycles. The zero-order valence-electron chi connectivity index (χ0n) is 12.7. The number of nitrogens with one attached hydrogen (secondary N) is 2. The topological polar surface area (TPSA) is 73.9 Å². The number of aryl methyl sites for hydroxylation is 1. The number of aromatic nitrogens is 3. The van der Waals surface area contributed by atoms with Crippen LogP contribution >= 0.6 is 0 Å². The largest absolute Gasteiger partial charge is 0.334 e. The average molecular weight is 299 g/mol. The van der Waals surface area contributed by atoms with E-state index in [1.165, 1.54) is 0 Å². The van der Waals surface area contributed by atoms with Crippen molar-refractivity contribution in [3.05, 3.63) is 47.5 Å². The van der Waals surface area contributed by atoms with Crippen molar-refractivity contribution in [2.45, 2.75) is 38.8 Å². The molecule has 0 aromatic carbocycles. The van der Waals surface area contributed by atoms with Crippen LogP contribution in [0.5, 0.6) is 0 Å². The fourth-order valence-corrected chi connectivity index (χ4v) is 2.85. The van der Waals surface area contributed by atoms with Crippen LogP contribution in [0.1, 0.15) is 42.1 Å². The molecule has 1 saturated heterocycles. The quantitative estimate of drug-likeness (QED) is 0.914. The standard InChI is InChI=1S/C16H21N5O/c1-12-5-6-13(8-17-12)9-18-16(22)21-7-3-2-4-15(21)14-10-19-20-11-14/h5-6,8,10-11,15H,2-4,7,9H2,1H3,(H,18,22)(H,19,20)/t15-/m1/s1. The highest BCUT2D eigenvalue weighted by atomic mass is 16.2. The van der Waals surface area contributed by atoms with Gasteiger partial charge in [0.15, 0.2) is 0 Å². The fourth-order valence-electron chi connectivity index (χ4n) is 2.85. The molecule has 0 unspecified atom stereocenters. The molecule has 22 heavy (non-hydrogen) atoms. The Kier molecular flexibility index (Phi) is 4.37. The molecule has 2 aromatic rings. The lowest BCUT2D eigenvalue weighted by Crippen LogP contribution is -2.44. The first-order valence-electron chi connectivity index (χ1n) is 7.69. The van der Waals surface area contributed by atoms with Gasteiger partial charge in [-0.05, 0) is 37.8 Å². The van der Waals surface area contributed by atoms with Gasteiger partial charge in [0.25, 0.3) is 0 Å². The molecule has 3 rings (SSSR count). The molecule has 116 valence electrons. The highest BCUT2D eigenvalue weighted by Crippen LogP contribution is 2.30. The predicted molar refractivity (Wildman–Crippen MR) is 83.1 cm³/mol. The van der Waals surface area contributed by atoms with Crippen molar-refractivity contribution in [1.82, 2.24) is 25.4 Å². The van der Waals surface area contributed by atoms with E-state index >= 15 is 0 Å². The van der Waals surface area contributed by atoms with Gasteiger partial charge in [0.05, 0.1) is 12.2 Å². The number of carbonyl (C=O) groups excluding carboxylic acids is 1. The van der Waals surface area contributed by atoms with Crippen LogP contribution in [0.2, 0.25) is 0 Å². The Labute approximate surface area is 129 Å². The normalized spacial score (nSPS) is 18.2. The molecule has 6 heteroatoms. The van der Waals surface area contributed by atoms with Crippen molar-refractivity contribution in [3.63, 3.8) is 0 Å².